The summed E-state index contributed by atoms with van der Waals surface area (Å²) in [6.07, 6.45) is 0. The number of nitrogens with one attached hydrogen (secondary N) is 1. The minimum Gasteiger partial charge on any atom is -0.495 e. The van der Waals surface area contributed by atoms with E-state index in [0.717, 1.165) is 0 Å². The largest absolute Gasteiger partial charge is 0.495 e. The maximum absolute atomic E-state index is 13.1. The molecule has 1 N–H and O–H groups in total. The Kier molecular flexibility index (Phi) is 6.98. The quantitative estimate of drug-likeness (QED) is 0.394. The van der Waals surface area contributed by atoms with Gasteiger partial charge < -0.3 is 9.64 Å². The van der Waals surface area contributed by atoms with Gasteiger partial charge in [0.15, 0.2) is 0 Å². The molecule has 33 heavy (non-hydrogen) atoms. The number of carbonyl (C=O) groups excluding carboxylic acids is 1. The number of para-hydroxylation sites is 3. The topological polar surface area (TPSA) is 119 Å². The van der Waals surface area contributed by atoms with E-state index in [2.05, 4.69) is 4.72 Å². The first-order valence-electron chi connectivity index (χ1n) is 9.88. The van der Waals surface area contributed by atoms with E-state index >= 15 is 0 Å². The molecule has 3 aromatic carbocycles. The number of amides is 1. The third kappa shape index (κ3) is 5.29. The second-order valence-corrected chi connectivity index (χ2v) is 8.98. The van der Waals surface area contributed by atoms with Crippen molar-refractivity contribution in [3.05, 3.63) is 93.5 Å². The molecule has 0 bridgehead atoms. The summed E-state index contributed by atoms with van der Waals surface area (Å²) in [6, 6.07) is 17.1. The summed E-state index contributed by atoms with van der Waals surface area (Å²) < 4.78 is 33.9. The molecule has 0 saturated carbocycles. The van der Waals surface area contributed by atoms with E-state index in [1.54, 1.807) is 55.5 Å². The first kappa shape index (κ1) is 23.7. The van der Waals surface area contributed by atoms with Gasteiger partial charge in [-0.15, -0.1) is 0 Å². The summed E-state index contributed by atoms with van der Waals surface area (Å²) in [5, 5.41) is 11.3. The Morgan fingerprint density at radius 1 is 1.09 bits per heavy atom. The summed E-state index contributed by atoms with van der Waals surface area (Å²) in [5.41, 5.74) is 1.14. The molecule has 172 valence electrons. The zero-order chi connectivity index (χ0) is 24.2. The van der Waals surface area contributed by atoms with Gasteiger partial charge in [-0.3, -0.25) is 19.6 Å². The van der Waals surface area contributed by atoms with E-state index in [-0.39, 0.29) is 28.4 Å². The van der Waals surface area contributed by atoms with E-state index in [4.69, 9.17) is 4.74 Å². The third-order valence-electron chi connectivity index (χ3n) is 5.02. The van der Waals surface area contributed by atoms with Crippen LogP contribution in [0.1, 0.15) is 21.5 Å². The zero-order valence-electron chi connectivity index (χ0n) is 18.3. The Morgan fingerprint density at radius 3 is 2.45 bits per heavy atom. The summed E-state index contributed by atoms with van der Waals surface area (Å²) in [5.74, 6) is -0.114. The number of nitro groups is 1. The molecule has 0 heterocycles. The van der Waals surface area contributed by atoms with Gasteiger partial charge in [-0.2, -0.15) is 0 Å². The van der Waals surface area contributed by atoms with Crippen LogP contribution in [0.4, 0.5) is 11.4 Å². The number of rotatable bonds is 8. The van der Waals surface area contributed by atoms with Crippen molar-refractivity contribution in [2.24, 2.45) is 0 Å². The fraction of sp³-hybridized carbons (Fsp3) is 0.174. The number of nitrogens with zero attached hydrogens (tertiary/aromatic N) is 2. The zero-order valence-corrected chi connectivity index (χ0v) is 19.1. The molecular weight excluding hydrogens is 446 g/mol. The first-order chi connectivity index (χ1) is 15.6. The maximum atomic E-state index is 13.1. The molecule has 0 aliphatic heterocycles. The molecule has 0 atom stereocenters. The molecule has 0 aliphatic rings. The molecule has 0 saturated heterocycles. The van der Waals surface area contributed by atoms with Gasteiger partial charge in [-0.1, -0.05) is 36.4 Å². The van der Waals surface area contributed by atoms with Crippen LogP contribution in [0.25, 0.3) is 0 Å². The van der Waals surface area contributed by atoms with Crippen molar-refractivity contribution in [2.45, 2.75) is 18.4 Å². The van der Waals surface area contributed by atoms with Crippen LogP contribution in [0.3, 0.4) is 0 Å². The van der Waals surface area contributed by atoms with Gasteiger partial charge in [-0.25, -0.2) is 8.42 Å². The van der Waals surface area contributed by atoms with E-state index in [0.29, 0.717) is 16.9 Å². The second kappa shape index (κ2) is 9.70. The van der Waals surface area contributed by atoms with Gasteiger partial charge in [0.1, 0.15) is 5.75 Å². The fourth-order valence-electron chi connectivity index (χ4n) is 3.32. The standard InChI is InChI=1S/C23H23N3O6S/c1-16-12-13-17(23(27)25(2)15-18-8-4-6-10-20(18)26(28)29)14-22(16)33(30,31)24-19-9-5-7-11-21(19)32-3/h4-14,24H,15H2,1-3H3. The molecular formula is C23H23N3O6S. The van der Waals surface area contributed by atoms with Gasteiger partial charge >= 0.3 is 0 Å². The second-order valence-electron chi connectivity index (χ2n) is 7.33. The van der Waals surface area contributed by atoms with Crippen molar-refractivity contribution in [1.82, 2.24) is 4.90 Å². The molecule has 10 heteroatoms. The molecule has 9 nitrogen and oxygen atoms in total. The number of sulfonamides is 1. The average molecular weight is 470 g/mol. The minimum absolute atomic E-state index is 0.00852. The summed E-state index contributed by atoms with van der Waals surface area (Å²) in [6.45, 7) is 1.62. The number of benzene rings is 3. The maximum Gasteiger partial charge on any atom is 0.274 e. The number of ether oxygens (including phenoxy) is 1. The van der Waals surface area contributed by atoms with Crippen LogP contribution in [-0.2, 0) is 16.6 Å². The van der Waals surface area contributed by atoms with Crippen LogP contribution in [-0.4, -0.2) is 38.3 Å². The van der Waals surface area contributed by atoms with Crippen LogP contribution in [0.2, 0.25) is 0 Å². The number of nitro benzene ring substituents is 1. The Labute approximate surface area is 191 Å². The van der Waals surface area contributed by atoms with Crippen LogP contribution < -0.4 is 9.46 Å². The van der Waals surface area contributed by atoms with Crippen molar-refractivity contribution in [2.75, 3.05) is 18.9 Å². The van der Waals surface area contributed by atoms with E-state index < -0.39 is 20.9 Å². The molecule has 0 fully saturated rings. The summed E-state index contributed by atoms with van der Waals surface area (Å²) in [4.78, 5) is 25.0. The lowest BCUT2D eigenvalue weighted by Crippen LogP contribution is -2.27. The highest BCUT2D eigenvalue weighted by atomic mass is 32.2. The van der Waals surface area contributed by atoms with E-state index in [9.17, 15) is 23.3 Å². The molecule has 0 spiro atoms. The number of hydrogen-bond acceptors (Lipinski definition) is 6. The number of anilines is 1. The monoisotopic (exact) mass is 469 g/mol. The molecule has 0 unspecified atom stereocenters. The average Bonchev–Trinajstić information content (AvgIpc) is 2.79. The van der Waals surface area contributed by atoms with Crippen molar-refractivity contribution in [3.8, 4) is 5.75 Å². The third-order valence-corrected chi connectivity index (χ3v) is 6.53. The first-order valence-corrected chi connectivity index (χ1v) is 11.4. The molecule has 3 aromatic rings. The number of aryl methyl sites for hydroxylation is 1. The molecule has 0 aliphatic carbocycles. The van der Waals surface area contributed by atoms with Gasteiger partial charge in [0.25, 0.3) is 21.6 Å². The lowest BCUT2D eigenvalue weighted by molar-refractivity contribution is -0.385. The number of methoxy groups -OCH3 is 1. The van der Waals surface area contributed by atoms with Crippen molar-refractivity contribution < 1.29 is 22.9 Å². The molecule has 3 rings (SSSR count). The summed E-state index contributed by atoms with van der Waals surface area (Å²) in [7, 11) is -1.09. The van der Waals surface area contributed by atoms with Gasteiger partial charge in [0.2, 0.25) is 0 Å². The van der Waals surface area contributed by atoms with Crippen molar-refractivity contribution in [3.63, 3.8) is 0 Å². The van der Waals surface area contributed by atoms with Crippen LogP contribution in [0.5, 0.6) is 5.75 Å². The predicted octanol–water partition coefficient (Wildman–Crippen LogP) is 3.98. The molecule has 0 aromatic heterocycles. The van der Waals surface area contributed by atoms with E-state index in [1.165, 1.54) is 37.3 Å². The van der Waals surface area contributed by atoms with Gasteiger partial charge in [0.05, 0.1) is 29.2 Å². The molecule has 0 radical (unpaired) electrons. The predicted molar refractivity (Wildman–Crippen MR) is 124 cm³/mol. The van der Waals surface area contributed by atoms with Crippen LogP contribution in [0, 0.1) is 17.0 Å². The van der Waals surface area contributed by atoms with Crippen molar-refractivity contribution >= 4 is 27.3 Å². The lowest BCUT2D eigenvalue weighted by Gasteiger charge is -2.19. The highest BCUT2D eigenvalue weighted by molar-refractivity contribution is 7.92. The van der Waals surface area contributed by atoms with Crippen molar-refractivity contribution in [1.29, 1.82) is 0 Å². The normalized spacial score (nSPS) is 11.0. The van der Waals surface area contributed by atoms with Crippen LogP contribution >= 0.6 is 0 Å². The SMILES string of the molecule is COc1ccccc1NS(=O)(=O)c1cc(C(=O)N(C)Cc2ccccc2[N+](=O)[O-])ccc1C. The highest BCUT2D eigenvalue weighted by Crippen LogP contribution is 2.28. The Bertz CT molecular complexity index is 1310. The van der Waals surface area contributed by atoms with Crippen LogP contribution in [0.15, 0.2) is 71.6 Å². The summed E-state index contributed by atoms with van der Waals surface area (Å²) >= 11 is 0. The number of carbonyl (C=O) groups is 1. The van der Waals surface area contributed by atoms with Gasteiger partial charge in [0, 0.05) is 24.2 Å². The Morgan fingerprint density at radius 2 is 1.76 bits per heavy atom. The highest BCUT2D eigenvalue weighted by Gasteiger charge is 2.23. The molecule has 1 amide bonds. The minimum atomic E-state index is -4.03. The van der Waals surface area contributed by atoms with Gasteiger partial charge in [-0.05, 0) is 36.8 Å². The fourth-order valence-corrected chi connectivity index (χ4v) is 4.66. The number of hydrogen-bond donors (Lipinski definition) is 1. The Balaban J connectivity index is 1.89. The smallest absolute Gasteiger partial charge is 0.274 e. The Hall–Kier alpha value is -3.92. The van der Waals surface area contributed by atoms with E-state index in [1.807, 2.05) is 0 Å². The lowest BCUT2D eigenvalue weighted by atomic mass is 10.1.